The van der Waals surface area contributed by atoms with Crippen LogP contribution < -0.4 is 5.32 Å². The molecule has 0 aromatic heterocycles. The first kappa shape index (κ1) is 22.2. The number of methoxy groups -OCH3 is 2. The number of nitrogens with one attached hydrogen (secondary N) is 1. The highest BCUT2D eigenvalue weighted by Crippen LogP contribution is 2.14. The largest absolute Gasteiger partial charge is 0.466 e. The molecule has 0 bridgehead atoms. The van der Waals surface area contributed by atoms with Crippen LogP contribution in [-0.2, 0) is 23.8 Å². The summed E-state index contributed by atoms with van der Waals surface area (Å²) in [6, 6.07) is 6.36. The van der Waals surface area contributed by atoms with E-state index in [0.29, 0.717) is 17.9 Å². The standard InChI is InChI=1S/C20H27NO6/c1-4-5-6-7-8-13-27-19(23)15-9-11-16(12-10-15)21-17(20(24)26-3)14-18(22)25-2/h9-12,14,21H,4-8,13H2,1-3H3/b17-14+. The first-order valence-electron chi connectivity index (χ1n) is 8.94. The summed E-state index contributed by atoms with van der Waals surface area (Å²) in [5, 5.41) is 2.77. The summed E-state index contributed by atoms with van der Waals surface area (Å²) in [7, 11) is 2.41. The lowest BCUT2D eigenvalue weighted by Crippen LogP contribution is -2.15. The van der Waals surface area contributed by atoms with Gasteiger partial charge in [-0.1, -0.05) is 32.6 Å². The van der Waals surface area contributed by atoms with Crippen molar-refractivity contribution in [3.8, 4) is 0 Å². The molecular formula is C20H27NO6. The number of esters is 3. The molecule has 7 heteroatoms. The molecule has 0 amide bonds. The van der Waals surface area contributed by atoms with Gasteiger partial charge in [0.15, 0.2) is 0 Å². The van der Waals surface area contributed by atoms with E-state index < -0.39 is 17.9 Å². The summed E-state index contributed by atoms with van der Waals surface area (Å²) in [5.41, 5.74) is 0.837. The molecule has 1 aromatic rings. The fraction of sp³-hybridized carbons (Fsp3) is 0.450. The Morgan fingerprint density at radius 3 is 2.22 bits per heavy atom. The summed E-state index contributed by atoms with van der Waals surface area (Å²) >= 11 is 0. The average molecular weight is 377 g/mol. The Labute approximate surface area is 159 Å². The molecule has 1 N–H and O–H groups in total. The van der Waals surface area contributed by atoms with Gasteiger partial charge in [0.25, 0.3) is 0 Å². The van der Waals surface area contributed by atoms with Gasteiger partial charge >= 0.3 is 17.9 Å². The minimum Gasteiger partial charge on any atom is -0.466 e. The van der Waals surface area contributed by atoms with E-state index in [1.807, 2.05) is 0 Å². The second-order valence-corrected chi connectivity index (χ2v) is 5.83. The number of rotatable bonds is 11. The molecule has 0 spiro atoms. The minimum atomic E-state index is -0.716. The van der Waals surface area contributed by atoms with Crippen LogP contribution in [0.1, 0.15) is 49.4 Å². The molecule has 7 nitrogen and oxygen atoms in total. The highest BCUT2D eigenvalue weighted by molar-refractivity contribution is 5.98. The summed E-state index contributed by atoms with van der Waals surface area (Å²) in [6.45, 7) is 2.55. The van der Waals surface area contributed by atoms with Crippen molar-refractivity contribution in [2.24, 2.45) is 0 Å². The van der Waals surface area contributed by atoms with E-state index in [4.69, 9.17) is 4.74 Å². The maximum absolute atomic E-state index is 12.0. The number of unbranched alkanes of at least 4 members (excludes halogenated alkanes) is 4. The van der Waals surface area contributed by atoms with Crippen molar-refractivity contribution in [1.82, 2.24) is 0 Å². The third-order valence-corrected chi connectivity index (χ3v) is 3.75. The number of carbonyl (C=O) groups is 3. The van der Waals surface area contributed by atoms with Gasteiger partial charge in [0, 0.05) is 5.69 Å². The topological polar surface area (TPSA) is 90.9 Å². The lowest BCUT2D eigenvalue weighted by molar-refractivity contribution is -0.138. The fourth-order valence-corrected chi connectivity index (χ4v) is 2.23. The van der Waals surface area contributed by atoms with E-state index in [2.05, 4.69) is 21.7 Å². The molecule has 1 rings (SSSR count). The van der Waals surface area contributed by atoms with Crippen LogP contribution in [0.5, 0.6) is 0 Å². The zero-order valence-electron chi connectivity index (χ0n) is 16.1. The molecule has 0 atom stereocenters. The molecule has 0 saturated heterocycles. The third kappa shape index (κ3) is 8.40. The molecule has 0 aliphatic carbocycles. The van der Waals surface area contributed by atoms with E-state index in [9.17, 15) is 14.4 Å². The fourth-order valence-electron chi connectivity index (χ4n) is 2.23. The quantitative estimate of drug-likeness (QED) is 0.273. The molecule has 0 heterocycles. The van der Waals surface area contributed by atoms with Gasteiger partial charge in [0.1, 0.15) is 5.70 Å². The van der Waals surface area contributed by atoms with Crippen molar-refractivity contribution >= 4 is 23.6 Å². The zero-order valence-corrected chi connectivity index (χ0v) is 16.1. The lowest BCUT2D eigenvalue weighted by atomic mass is 10.1. The highest BCUT2D eigenvalue weighted by atomic mass is 16.5. The Kier molecular flexibility index (Phi) is 10.3. The van der Waals surface area contributed by atoms with E-state index in [0.717, 1.165) is 25.3 Å². The van der Waals surface area contributed by atoms with Crippen LogP contribution in [0.3, 0.4) is 0 Å². The molecule has 148 valence electrons. The number of anilines is 1. The second-order valence-electron chi connectivity index (χ2n) is 5.83. The summed E-state index contributed by atoms with van der Waals surface area (Å²) in [4.78, 5) is 35.1. The van der Waals surface area contributed by atoms with Crippen molar-refractivity contribution in [1.29, 1.82) is 0 Å². The Hall–Kier alpha value is -2.83. The van der Waals surface area contributed by atoms with E-state index in [1.165, 1.54) is 27.1 Å². The maximum atomic E-state index is 12.0. The van der Waals surface area contributed by atoms with Crippen LogP contribution in [0.4, 0.5) is 5.69 Å². The van der Waals surface area contributed by atoms with Crippen LogP contribution in [0.2, 0.25) is 0 Å². The van der Waals surface area contributed by atoms with Crippen molar-refractivity contribution < 1.29 is 28.6 Å². The van der Waals surface area contributed by atoms with E-state index in [1.54, 1.807) is 24.3 Å². The van der Waals surface area contributed by atoms with Crippen LogP contribution in [0, 0.1) is 0 Å². The van der Waals surface area contributed by atoms with Gasteiger partial charge in [0.05, 0.1) is 32.5 Å². The number of hydrogen-bond donors (Lipinski definition) is 1. The lowest BCUT2D eigenvalue weighted by Gasteiger charge is -2.10. The minimum absolute atomic E-state index is 0.0771. The molecular weight excluding hydrogens is 350 g/mol. The molecule has 0 unspecified atom stereocenters. The van der Waals surface area contributed by atoms with Gasteiger partial charge in [-0.2, -0.15) is 0 Å². The average Bonchev–Trinajstić information content (AvgIpc) is 2.69. The van der Waals surface area contributed by atoms with Gasteiger partial charge in [-0.25, -0.2) is 14.4 Å². The second kappa shape index (κ2) is 12.5. The summed E-state index contributed by atoms with van der Waals surface area (Å²) in [6.07, 6.45) is 6.41. The van der Waals surface area contributed by atoms with E-state index in [-0.39, 0.29) is 5.70 Å². The van der Waals surface area contributed by atoms with Crippen molar-refractivity contribution in [2.75, 3.05) is 26.1 Å². The normalized spacial score (nSPS) is 10.9. The Morgan fingerprint density at radius 1 is 0.963 bits per heavy atom. The monoisotopic (exact) mass is 377 g/mol. The van der Waals surface area contributed by atoms with Gasteiger partial charge in [0.2, 0.25) is 0 Å². The van der Waals surface area contributed by atoms with Crippen LogP contribution in [0.25, 0.3) is 0 Å². The molecule has 0 saturated carbocycles. The number of hydrogen-bond acceptors (Lipinski definition) is 7. The van der Waals surface area contributed by atoms with Gasteiger partial charge in [-0.3, -0.25) is 0 Å². The molecule has 27 heavy (non-hydrogen) atoms. The van der Waals surface area contributed by atoms with Gasteiger partial charge in [-0.05, 0) is 30.7 Å². The van der Waals surface area contributed by atoms with Gasteiger partial charge < -0.3 is 19.5 Å². The molecule has 0 aliphatic heterocycles. The molecule has 0 aliphatic rings. The van der Waals surface area contributed by atoms with Crippen LogP contribution >= 0.6 is 0 Å². The number of ether oxygens (including phenoxy) is 3. The highest BCUT2D eigenvalue weighted by Gasteiger charge is 2.13. The number of carbonyl (C=O) groups excluding carboxylic acids is 3. The predicted octanol–water partition coefficient (Wildman–Crippen LogP) is 3.46. The predicted molar refractivity (Wildman–Crippen MR) is 101 cm³/mol. The number of benzene rings is 1. The van der Waals surface area contributed by atoms with Crippen molar-refractivity contribution in [3.63, 3.8) is 0 Å². The van der Waals surface area contributed by atoms with Crippen LogP contribution in [0.15, 0.2) is 36.0 Å². The Bertz CT molecular complexity index is 651. The Morgan fingerprint density at radius 2 is 1.63 bits per heavy atom. The molecule has 0 radical (unpaired) electrons. The zero-order chi connectivity index (χ0) is 20.1. The maximum Gasteiger partial charge on any atom is 0.354 e. The molecule has 1 aromatic carbocycles. The summed E-state index contributed by atoms with van der Waals surface area (Å²) in [5.74, 6) is -1.80. The Balaban J connectivity index is 2.61. The molecule has 0 fully saturated rings. The SMILES string of the molecule is CCCCCCCOC(=O)c1ccc(N/C(=C/C(=O)OC)C(=O)OC)cc1. The smallest absolute Gasteiger partial charge is 0.354 e. The van der Waals surface area contributed by atoms with Crippen molar-refractivity contribution in [3.05, 3.63) is 41.6 Å². The first-order valence-corrected chi connectivity index (χ1v) is 8.94. The van der Waals surface area contributed by atoms with Crippen molar-refractivity contribution in [2.45, 2.75) is 39.0 Å². The third-order valence-electron chi connectivity index (χ3n) is 3.75. The van der Waals surface area contributed by atoms with Crippen LogP contribution in [-0.4, -0.2) is 38.7 Å². The van der Waals surface area contributed by atoms with Gasteiger partial charge in [-0.15, -0.1) is 0 Å². The summed E-state index contributed by atoms with van der Waals surface area (Å²) < 4.78 is 14.4. The van der Waals surface area contributed by atoms with E-state index >= 15 is 0 Å². The first-order chi connectivity index (χ1) is 13.0.